The van der Waals surface area contributed by atoms with Gasteiger partial charge in [-0.25, -0.2) is 9.97 Å². The summed E-state index contributed by atoms with van der Waals surface area (Å²) in [5, 5.41) is 0. The molecule has 1 fully saturated rings. The average Bonchev–Trinajstić information content (AvgIpc) is 2.75. The van der Waals surface area contributed by atoms with Gasteiger partial charge < -0.3 is 14.5 Å². The number of nitrogens with zero attached hydrogens (tertiary/aromatic N) is 5. The summed E-state index contributed by atoms with van der Waals surface area (Å²) >= 11 is 0. The maximum Gasteiger partial charge on any atom is 0.254 e. The minimum absolute atomic E-state index is 0.0492. The number of amides is 1. The number of fused-ring (bicyclic) bond motifs is 1. The zero-order chi connectivity index (χ0) is 20.2. The number of carbonyl (C=O) groups is 1. The predicted octanol–water partition coefficient (Wildman–Crippen LogP) is 1.82. The Labute approximate surface area is 172 Å². The quantitative estimate of drug-likeness (QED) is 0.770. The molecule has 1 amide bonds. The monoisotopic (exact) mass is 395 g/mol. The van der Waals surface area contributed by atoms with Gasteiger partial charge in [-0.05, 0) is 31.7 Å². The van der Waals surface area contributed by atoms with E-state index in [0.29, 0.717) is 25.6 Å². The van der Waals surface area contributed by atoms with Gasteiger partial charge in [0.1, 0.15) is 6.33 Å². The van der Waals surface area contributed by atoms with Crippen LogP contribution in [0.4, 0.5) is 0 Å². The summed E-state index contributed by atoms with van der Waals surface area (Å²) in [5.41, 5.74) is 3.89. The Balaban J connectivity index is 1.41. The van der Waals surface area contributed by atoms with Crippen molar-refractivity contribution in [2.45, 2.75) is 26.4 Å². The number of hydrogen-bond donors (Lipinski definition) is 0. The second kappa shape index (κ2) is 8.88. The van der Waals surface area contributed by atoms with E-state index in [2.05, 4.69) is 38.9 Å². The van der Waals surface area contributed by atoms with Crippen LogP contribution in [0.3, 0.4) is 0 Å². The van der Waals surface area contributed by atoms with Crippen molar-refractivity contribution < 1.29 is 9.53 Å². The highest BCUT2D eigenvalue weighted by Gasteiger charge is 2.26. The number of piperazine rings is 1. The molecular formula is C22H29N5O2. The first-order valence-corrected chi connectivity index (χ1v) is 10.4. The Bertz CT molecular complexity index is 847. The first kappa shape index (κ1) is 19.8. The summed E-state index contributed by atoms with van der Waals surface area (Å²) in [4.78, 5) is 28.3. The van der Waals surface area contributed by atoms with E-state index < -0.39 is 0 Å². The third kappa shape index (κ3) is 4.57. The van der Waals surface area contributed by atoms with Crippen LogP contribution in [0.5, 0.6) is 5.88 Å². The molecule has 2 aromatic rings. The molecule has 0 N–H and O–H groups in total. The van der Waals surface area contributed by atoms with Gasteiger partial charge in [-0.2, -0.15) is 0 Å². The number of hydrogen-bond acceptors (Lipinski definition) is 6. The normalized spacial score (nSPS) is 17.8. The van der Waals surface area contributed by atoms with Crippen molar-refractivity contribution in [2.75, 3.05) is 46.4 Å². The van der Waals surface area contributed by atoms with Crippen molar-refractivity contribution >= 4 is 5.91 Å². The largest absolute Gasteiger partial charge is 0.478 e. The van der Waals surface area contributed by atoms with E-state index in [4.69, 9.17) is 4.74 Å². The molecule has 2 aliphatic heterocycles. The molecule has 0 spiro atoms. The summed E-state index contributed by atoms with van der Waals surface area (Å²) < 4.78 is 5.64. The zero-order valence-electron chi connectivity index (χ0n) is 17.3. The van der Waals surface area contributed by atoms with Crippen LogP contribution in [0.2, 0.25) is 0 Å². The number of aromatic nitrogens is 2. The molecule has 0 bridgehead atoms. The fraction of sp³-hybridized carbons (Fsp3) is 0.500. The van der Waals surface area contributed by atoms with Crippen LogP contribution in [0.15, 0.2) is 30.6 Å². The van der Waals surface area contributed by atoms with Gasteiger partial charge in [-0.3, -0.25) is 9.69 Å². The van der Waals surface area contributed by atoms with Gasteiger partial charge in [0, 0.05) is 51.3 Å². The third-order valence-electron chi connectivity index (χ3n) is 5.73. The maximum absolute atomic E-state index is 13.0. The summed E-state index contributed by atoms with van der Waals surface area (Å²) in [7, 11) is 2.17. The van der Waals surface area contributed by atoms with Gasteiger partial charge in [0.2, 0.25) is 5.88 Å². The molecule has 1 aromatic heterocycles. The standard InChI is InChI=1S/C22H29N5O2/c1-3-29-21-19-15-27(9-8-20(19)23-16-24-21)22(28)18-6-4-17(5-7-18)14-26-12-10-25(2)11-13-26/h4-7,16H,3,8-15H2,1-2H3. The smallest absolute Gasteiger partial charge is 0.254 e. The highest BCUT2D eigenvalue weighted by atomic mass is 16.5. The van der Waals surface area contributed by atoms with Crippen LogP contribution >= 0.6 is 0 Å². The molecule has 154 valence electrons. The predicted molar refractivity (Wildman–Crippen MR) is 111 cm³/mol. The van der Waals surface area contributed by atoms with Crippen LogP contribution in [0, 0.1) is 0 Å². The Hall–Kier alpha value is -2.51. The topological polar surface area (TPSA) is 61.8 Å². The Kier molecular flexibility index (Phi) is 6.06. The molecule has 0 unspecified atom stereocenters. The minimum Gasteiger partial charge on any atom is -0.478 e. The van der Waals surface area contributed by atoms with Crippen LogP contribution in [-0.2, 0) is 19.5 Å². The average molecular weight is 396 g/mol. The summed E-state index contributed by atoms with van der Waals surface area (Å²) in [6, 6.07) is 8.07. The zero-order valence-corrected chi connectivity index (χ0v) is 17.3. The first-order chi connectivity index (χ1) is 14.1. The highest BCUT2D eigenvalue weighted by Crippen LogP contribution is 2.25. The fourth-order valence-electron chi connectivity index (χ4n) is 3.95. The van der Waals surface area contributed by atoms with Gasteiger partial charge in [0.15, 0.2) is 0 Å². The van der Waals surface area contributed by atoms with Crippen LogP contribution in [0.1, 0.15) is 34.1 Å². The van der Waals surface area contributed by atoms with E-state index >= 15 is 0 Å². The van der Waals surface area contributed by atoms with Crippen molar-refractivity contribution in [3.8, 4) is 5.88 Å². The number of rotatable bonds is 5. The SMILES string of the molecule is CCOc1ncnc2c1CN(C(=O)c1ccc(CN3CCN(C)CC3)cc1)CC2. The molecule has 1 aromatic carbocycles. The van der Waals surface area contributed by atoms with Crippen molar-refractivity contribution in [3.05, 3.63) is 53.0 Å². The van der Waals surface area contributed by atoms with Crippen LogP contribution in [0.25, 0.3) is 0 Å². The van der Waals surface area contributed by atoms with E-state index in [-0.39, 0.29) is 5.91 Å². The van der Waals surface area contributed by atoms with Gasteiger partial charge >= 0.3 is 0 Å². The van der Waals surface area contributed by atoms with Gasteiger partial charge in [-0.15, -0.1) is 0 Å². The number of ether oxygens (including phenoxy) is 1. The highest BCUT2D eigenvalue weighted by molar-refractivity contribution is 5.94. The number of likely N-dealkylation sites (N-methyl/N-ethyl adjacent to an activating group) is 1. The van der Waals surface area contributed by atoms with Crippen molar-refractivity contribution in [2.24, 2.45) is 0 Å². The molecule has 0 radical (unpaired) electrons. The number of benzene rings is 1. The summed E-state index contributed by atoms with van der Waals surface area (Å²) in [5.74, 6) is 0.644. The molecule has 1 saturated heterocycles. The molecule has 7 nitrogen and oxygen atoms in total. The van der Waals surface area contributed by atoms with Crippen molar-refractivity contribution in [3.63, 3.8) is 0 Å². The molecular weight excluding hydrogens is 366 g/mol. The lowest BCUT2D eigenvalue weighted by Crippen LogP contribution is -2.43. The van der Waals surface area contributed by atoms with Crippen molar-refractivity contribution in [1.29, 1.82) is 0 Å². The Morgan fingerprint density at radius 1 is 1.07 bits per heavy atom. The van der Waals surface area contributed by atoms with Crippen LogP contribution < -0.4 is 4.74 Å². The van der Waals surface area contributed by atoms with Crippen LogP contribution in [-0.4, -0.2) is 77.0 Å². The second-order valence-corrected chi connectivity index (χ2v) is 7.79. The minimum atomic E-state index is 0.0492. The third-order valence-corrected chi connectivity index (χ3v) is 5.73. The van der Waals surface area contributed by atoms with E-state index in [1.165, 1.54) is 5.56 Å². The molecule has 0 saturated carbocycles. The second-order valence-electron chi connectivity index (χ2n) is 7.79. The summed E-state index contributed by atoms with van der Waals surface area (Å²) in [6.07, 6.45) is 2.27. The first-order valence-electron chi connectivity index (χ1n) is 10.4. The molecule has 0 aliphatic carbocycles. The molecule has 7 heteroatoms. The van der Waals surface area contributed by atoms with E-state index in [0.717, 1.165) is 56.0 Å². The Morgan fingerprint density at radius 2 is 1.83 bits per heavy atom. The lowest BCUT2D eigenvalue weighted by atomic mass is 10.0. The molecule has 2 aliphatic rings. The maximum atomic E-state index is 13.0. The van der Waals surface area contributed by atoms with Gasteiger partial charge in [-0.1, -0.05) is 12.1 Å². The fourth-order valence-corrected chi connectivity index (χ4v) is 3.95. The van der Waals surface area contributed by atoms with E-state index in [1.54, 1.807) is 6.33 Å². The number of carbonyl (C=O) groups excluding carboxylic acids is 1. The summed E-state index contributed by atoms with van der Waals surface area (Å²) in [6.45, 7) is 8.99. The Morgan fingerprint density at radius 3 is 2.55 bits per heavy atom. The van der Waals surface area contributed by atoms with Crippen molar-refractivity contribution in [1.82, 2.24) is 24.7 Å². The lowest BCUT2D eigenvalue weighted by Gasteiger charge is -2.32. The van der Waals surface area contributed by atoms with Gasteiger partial charge in [0.25, 0.3) is 5.91 Å². The molecule has 3 heterocycles. The van der Waals surface area contributed by atoms with E-state index in [1.807, 2.05) is 24.0 Å². The molecule has 4 rings (SSSR count). The van der Waals surface area contributed by atoms with Gasteiger partial charge in [0.05, 0.1) is 24.4 Å². The molecule has 29 heavy (non-hydrogen) atoms. The van der Waals surface area contributed by atoms with E-state index in [9.17, 15) is 4.79 Å². The lowest BCUT2D eigenvalue weighted by molar-refractivity contribution is 0.0731. The molecule has 0 atom stereocenters.